The normalized spacial score (nSPS) is 19.2. The van der Waals surface area contributed by atoms with Crippen molar-refractivity contribution >= 4 is 29.4 Å². The second kappa shape index (κ2) is 9.00. The Morgan fingerprint density at radius 1 is 1.42 bits per heavy atom. The summed E-state index contributed by atoms with van der Waals surface area (Å²) < 4.78 is 0. The number of urea groups is 1. The van der Waals surface area contributed by atoms with Crippen LogP contribution in [-0.2, 0) is 16.1 Å². The van der Waals surface area contributed by atoms with Crippen molar-refractivity contribution in [2.75, 3.05) is 6.61 Å². The fraction of sp³-hybridized carbons (Fsp3) is 0.500. The van der Waals surface area contributed by atoms with Gasteiger partial charge in [0.25, 0.3) is 5.91 Å². The molecule has 1 aliphatic heterocycles. The van der Waals surface area contributed by atoms with Crippen LogP contribution in [0.3, 0.4) is 0 Å². The summed E-state index contributed by atoms with van der Waals surface area (Å²) >= 11 is 5.92. The molecule has 0 aromatic heterocycles. The van der Waals surface area contributed by atoms with Crippen molar-refractivity contribution in [1.29, 1.82) is 0 Å². The summed E-state index contributed by atoms with van der Waals surface area (Å²) in [7, 11) is 0. The molecule has 26 heavy (non-hydrogen) atoms. The van der Waals surface area contributed by atoms with Crippen LogP contribution in [0, 0.1) is 5.92 Å². The Morgan fingerprint density at radius 2 is 2.15 bits per heavy atom. The minimum absolute atomic E-state index is 0.0927. The molecular formula is C18H24ClN3O4. The summed E-state index contributed by atoms with van der Waals surface area (Å²) in [4.78, 5) is 37.8. The molecule has 0 bridgehead atoms. The highest BCUT2D eigenvalue weighted by atomic mass is 35.5. The molecule has 0 saturated carbocycles. The largest absolute Gasteiger partial charge is 0.394 e. The number of rotatable bonds is 8. The van der Waals surface area contributed by atoms with Crippen LogP contribution in [0.4, 0.5) is 4.79 Å². The molecule has 1 saturated heterocycles. The summed E-state index contributed by atoms with van der Waals surface area (Å²) in [6.07, 6.45) is 0.640. The molecule has 1 aromatic carbocycles. The van der Waals surface area contributed by atoms with E-state index < -0.39 is 18.0 Å². The first kappa shape index (κ1) is 20.2. The average molecular weight is 382 g/mol. The number of hydrogen-bond acceptors (Lipinski definition) is 4. The molecule has 0 aliphatic carbocycles. The predicted octanol–water partition coefficient (Wildman–Crippen LogP) is 1.67. The minimum atomic E-state index is -0.905. The van der Waals surface area contributed by atoms with E-state index in [4.69, 9.17) is 11.6 Å². The van der Waals surface area contributed by atoms with Gasteiger partial charge in [-0.25, -0.2) is 4.79 Å². The second-order valence-corrected chi connectivity index (χ2v) is 6.94. The maximum atomic E-state index is 12.5. The first-order valence-corrected chi connectivity index (χ1v) is 9.00. The molecule has 142 valence electrons. The SMILES string of the molecule is CC[C@@H](C)[C@@H](CO)NC(=O)C[C@@H]1NC(=O)N(Cc2cccc(Cl)c2)C1=O. The zero-order valence-electron chi connectivity index (χ0n) is 14.9. The smallest absolute Gasteiger partial charge is 0.325 e. The molecule has 0 radical (unpaired) electrons. The van der Waals surface area contributed by atoms with Crippen molar-refractivity contribution in [2.24, 2.45) is 5.92 Å². The molecule has 1 heterocycles. The van der Waals surface area contributed by atoms with Crippen LogP contribution < -0.4 is 10.6 Å². The molecule has 0 unspecified atom stereocenters. The third-order valence-corrected chi connectivity index (χ3v) is 4.84. The lowest BCUT2D eigenvalue weighted by molar-refractivity contribution is -0.131. The molecule has 1 aliphatic rings. The number of nitrogens with one attached hydrogen (secondary N) is 2. The van der Waals surface area contributed by atoms with E-state index in [1.807, 2.05) is 13.8 Å². The van der Waals surface area contributed by atoms with E-state index in [9.17, 15) is 19.5 Å². The Hall–Kier alpha value is -2.12. The van der Waals surface area contributed by atoms with Gasteiger partial charge in [-0.05, 0) is 23.6 Å². The van der Waals surface area contributed by atoms with Crippen molar-refractivity contribution in [3.05, 3.63) is 34.9 Å². The number of imide groups is 1. The number of hydrogen-bond donors (Lipinski definition) is 3. The van der Waals surface area contributed by atoms with E-state index in [0.717, 1.165) is 16.9 Å². The van der Waals surface area contributed by atoms with Crippen molar-refractivity contribution in [1.82, 2.24) is 15.5 Å². The van der Waals surface area contributed by atoms with Gasteiger partial charge in [-0.15, -0.1) is 0 Å². The van der Waals surface area contributed by atoms with Crippen molar-refractivity contribution in [3.8, 4) is 0 Å². The van der Waals surface area contributed by atoms with Gasteiger partial charge in [0.05, 0.1) is 25.6 Å². The zero-order valence-corrected chi connectivity index (χ0v) is 15.6. The highest BCUT2D eigenvalue weighted by Crippen LogP contribution is 2.17. The molecule has 7 nitrogen and oxygen atoms in total. The Morgan fingerprint density at radius 3 is 2.77 bits per heavy atom. The van der Waals surface area contributed by atoms with Crippen LogP contribution in [0.25, 0.3) is 0 Å². The minimum Gasteiger partial charge on any atom is -0.394 e. The standard InChI is InChI=1S/C18H24ClN3O4/c1-3-11(2)15(10-23)20-16(24)8-14-17(25)22(18(26)21-14)9-12-5-4-6-13(19)7-12/h4-7,11,14-15,23H,3,8-10H2,1-2H3,(H,20,24)(H,21,26)/t11-,14+,15-/m1/s1. The van der Waals surface area contributed by atoms with Crippen LogP contribution in [0.2, 0.25) is 5.02 Å². The zero-order chi connectivity index (χ0) is 19.3. The summed E-state index contributed by atoms with van der Waals surface area (Å²) in [5.41, 5.74) is 0.725. The van der Waals surface area contributed by atoms with E-state index in [1.54, 1.807) is 24.3 Å². The van der Waals surface area contributed by atoms with E-state index >= 15 is 0 Å². The van der Waals surface area contributed by atoms with Crippen LogP contribution in [-0.4, -0.2) is 46.5 Å². The van der Waals surface area contributed by atoms with Crippen LogP contribution >= 0.6 is 11.6 Å². The molecule has 8 heteroatoms. The van der Waals surface area contributed by atoms with Gasteiger partial charge in [0.1, 0.15) is 6.04 Å². The fourth-order valence-corrected chi connectivity index (χ4v) is 3.00. The van der Waals surface area contributed by atoms with Gasteiger partial charge in [-0.2, -0.15) is 0 Å². The number of aliphatic hydroxyl groups excluding tert-OH is 1. The number of nitrogens with zero attached hydrogens (tertiary/aromatic N) is 1. The highest BCUT2D eigenvalue weighted by molar-refractivity contribution is 6.30. The van der Waals surface area contributed by atoms with Gasteiger partial charge in [0.2, 0.25) is 5.91 Å². The Bertz CT molecular complexity index is 682. The first-order valence-electron chi connectivity index (χ1n) is 8.62. The van der Waals surface area contributed by atoms with Crippen molar-refractivity contribution < 1.29 is 19.5 Å². The number of benzene rings is 1. The number of aliphatic hydroxyl groups is 1. The van der Waals surface area contributed by atoms with Gasteiger partial charge in [-0.3, -0.25) is 14.5 Å². The second-order valence-electron chi connectivity index (χ2n) is 6.50. The van der Waals surface area contributed by atoms with Gasteiger partial charge in [-0.1, -0.05) is 44.0 Å². The lowest BCUT2D eigenvalue weighted by atomic mass is 9.99. The van der Waals surface area contributed by atoms with E-state index in [-0.39, 0.29) is 37.4 Å². The van der Waals surface area contributed by atoms with Gasteiger partial charge < -0.3 is 15.7 Å². The van der Waals surface area contributed by atoms with Crippen molar-refractivity contribution in [3.63, 3.8) is 0 Å². The Balaban J connectivity index is 1.96. The lowest BCUT2D eigenvalue weighted by Gasteiger charge is -2.22. The highest BCUT2D eigenvalue weighted by Gasteiger charge is 2.39. The van der Waals surface area contributed by atoms with Crippen LogP contribution in [0.5, 0.6) is 0 Å². The lowest BCUT2D eigenvalue weighted by Crippen LogP contribution is -2.44. The maximum Gasteiger partial charge on any atom is 0.325 e. The van der Waals surface area contributed by atoms with Crippen molar-refractivity contribution in [2.45, 2.75) is 45.3 Å². The first-order chi connectivity index (χ1) is 12.3. The van der Waals surface area contributed by atoms with Crippen LogP contribution in [0.1, 0.15) is 32.3 Å². The molecule has 0 spiro atoms. The van der Waals surface area contributed by atoms with Gasteiger partial charge in [0.15, 0.2) is 0 Å². The van der Waals surface area contributed by atoms with E-state index in [0.29, 0.717) is 5.02 Å². The molecule has 1 fully saturated rings. The van der Waals surface area contributed by atoms with E-state index in [2.05, 4.69) is 10.6 Å². The summed E-state index contributed by atoms with van der Waals surface area (Å²) in [6, 6.07) is 5.09. The third-order valence-electron chi connectivity index (χ3n) is 4.60. The van der Waals surface area contributed by atoms with Crippen LogP contribution in [0.15, 0.2) is 24.3 Å². The molecular weight excluding hydrogens is 358 g/mol. The Labute approximate surface area is 157 Å². The number of carbonyl (C=O) groups is 3. The number of amides is 4. The maximum absolute atomic E-state index is 12.5. The molecule has 4 amide bonds. The fourth-order valence-electron chi connectivity index (χ4n) is 2.79. The summed E-state index contributed by atoms with van der Waals surface area (Å²) in [5.74, 6) is -0.723. The Kier molecular flexibility index (Phi) is 6.99. The van der Waals surface area contributed by atoms with E-state index in [1.165, 1.54) is 0 Å². The average Bonchev–Trinajstić information content (AvgIpc) is 2.86. The summed E-state index contributed by atoms with van der Waals surface area (Å²) in [6.45, 7) is 3.81. The van der Waals surface area contributed by atoms with Gasteiger partial charge >= 0.3 is 6.03 Å². The summed E-state index contributed by atoms with van der Waals surface area (Å²) in [5, 5.41) is 15.2. The quantitative estimate of drug-likeness (QED) is 0.596. The molecule has 3 N–H and O–H groups in total. The topological polar surface area (TPSA) is 98.7 Å². The van der Waals surface area contributed by atoms with Gasteiger partial charge in [0, 0.05) is 5.02 Å². The number of carbonyl (C=O) groups excluding carboxylic acids is 3. The third kappa shape index (κ3) is 4.95. The molecule has 3 atom stereocenters. The predicted molar refractivity (Wildman–Crippen MR) is 97.4 cm³/mol. The molecule has 1 aromatic rings. The molecule has 2 rings (SSSR count). The number of halogens is 1. The monoisotopic (exact) mass is 381 g/mol.